The van der Waals surface area contributed by atoms with Crippen LogP contribution < -0.4 is 10.6 Å². The fourth-order valence-electron chi connectivity index (χ4n) is 1.75. The molecule has 110 valence electrons. The summed E-state index contributed by atoms with van der Waals surface area (Å²) < 4.78 is 0. The molecule has 0 heterocycles. The third kappa shape index (κ3) is 5.21. The Morgan fingerprint density at radius 2 is 2.00 bits per heavy atom. The van der Waals surface area contributed by atoms with Crippen LogP contribution >= 0.6 is 11.6 Å². The topological polar surface area (TPSA) is 58.2 Å². The summed E-state index contributed by atoms with van der Waals surface area (Å²) in [5.41, 5.74) is 2.17. The van der Waals surface area contributed by atoms with E-state index in [1.165, 1.54) is 0 Å². The number of aryl methyl sites for hydroxylation is 1. The molecule has 1 rings (SSSR count). The van der Waals surface area contributed by atoms with Crippen LogP contribution in [0, 0.1) is 6.92 Å². The van der Waals surface area contributed by atoms with E-state index < -0.39 is 0 Å². The van der Waals surface area contributed by atoms with E-state index in [-0.39, 0.29) is 11.8 Å². The van der Waals surface area contributed by atoms with Gasteiger partial charge in [0.15, 0.2) is 0 Å². The highest BCUT2D eigenvalue weighted by atomic mass is 35.5. The third-order valence-electron chi connectivity index (χ3n) is 2.90. The first-order valence-corrected chi connectivity index (χ1v) is 7.36. The van der Waals surface area contributed by atoms with Crippen LogP contribution in [-0.2, 0) is 4.79 Å². The first-order valence-electron chi connectivity index (χ1n) is 6.83. The minimum atomic E-state index is -0.134. The van der Waals surface area contributed by atoms with Crippen LogP contribution in [0.5, 0.6) is 0 Å². The van der Waals surface area contributed by atoms with Crippen molar-refractivity contribution in [3.8, 4) is 0 Å². The van der Waals surface area contributed by atoms with Crippen LogP contribution in [0.4, 0.5) is 5.69 Å². The molecule has 0 fully saturated rings. The molecule has 0 saturated heterocycles. The van der Waals surface area contributed by atoms with Crippen LogP contribution in [-0.4, -0.2) is 24.2 Å². The van der Waals surface area contributed by atoms with Crippen LogP contribution in [0.2, 0.25) is 0 Å². The molecule has 1 aromatic rings. The Balaban J connectivity index is 2.71. The molecule has 5 heteroatoms. The second-order valence-corrected chi connectivity index (χ2v) is 4.96. The van der Waals surface area contributed by atoms with E-state index in [2.05, 4.69) is 10.6 Å². The van der Waals surface area contributed by atoms with Crippen molar-refractivity contribution in [2.24, 2.45) is 0 Å². The third-order valence-corrected chi connectivity index (χ3v) is 3.17. The van der Waals surface area contributed by atoms with Gasteiger partial charge in [0, 0.05) is 30.1 Å². The summed E-state index contributed by atoms with van der Waals surface area (Å²) in [6.07, 6.45) is 2.04. The summed E-state index contributed by atoms with van der Waals surface area (Å²) in [7, 11) is 0. The van der Waals surface area contributed by atoms with Gasteiger partial charge in [0.05, 0.1) is 0 Å². The highest BCUT2D eigenvalue weighted by molar-refractivity contribution is 6.17. The molecule has 0 aliphatic rings. The number of nitrogens with one attached hydrogen (secondary N) is 2. The van der Waals surface area contributed by atoms with Crippen molar-refractivity contribution in [1.29, 1.82) is 0 Å². The van der Waals surface area contributed by atoms with E-state index >= 15 is 0 Å². The molecule has 20 heavy (non-hydrogen) atoms. The zero-order chi connectivity index (χ0) is 15.0. The maximum atomic E-state index is 11.8. The molecule has 0 saturated carbocycles. The fourth-order valence-corrected chi connectivity index (χ4v) is 1.94. The van der Waals surface area contributed by atoms with Gasteiger partial charge >= 0.3 is 0 Å². The zero-order valence-electron chi connectivity index (χ0n) is 12.0. The molecular formula is C15H21ClN2O2. The van der Waals surface area contributed by atoms with Crippen LogP contribution in [0.3, 0.4) is 0 Å². The molecule has 0 atom stereocenters. The second-order valence-electron chi connectivity index (χ2n) is 4.58. The summed E-state index contributed by atoms with van der Waals surface area (Å²) in [5, 5.41) is 5.58. The van der Waals surface area contributed by atoms with Gasteiger partial charge in [-0.3, -0.25) is 9.59 Å². The lowest BCUT2D eigenvalue weighted by atomic mass is 10.1. The minimum Gasteiger partial charge on any atom is -0.352 e. The Hall–Kier alpha value is -1.55. The lowest BCUT2D eigenvalue weighted by molar-refractivity contribution is -0.116. The lowest BCUT2D eigenvalue weighted by Gasteiger charge is -2.10. The van der Waals surface area contributed by atoms with E-state index in [0.29, 0.717) is 30.1 Å². The SMILES string of the molecule is CCNC(=O)c1ccc(C)c(NC(=O)CCCCCl)c1. The molecule has 0 bridgehead atoms. The van der Waals surface area contributed by atoms with E-state index in [0.717, 1.165) is 18.4 Å². The summed E-state index contributed by atoms with van der Waals surface area (Å²) in [6, 6.07) is 5.29. The van der Waals surface area contributed by atoms with Gasteiger partial charge in [-0.1, -0.05) is 6.07 Å². The average Bonchev–Trinajstić information content (AvgIpc) is 2.42. The van der Waals surface area contributed by atoms with Gasteiger partial charge in [-0.15, -0.1) is 11.6 Å². The van der Waals surface area contributed by atoms with Crippen LogP contribution in [0.15, 0.2) is 18.2 Å². The number of rotatable bonds is 7. The number of anilines is 1. The Bertz CT molecular complexity index is 475. The summed E-state index contributed by atoms with van der Waals surface area (Å²) in [4.78, 5) is 23.6. The smallest absolute Gasteiger partial charge is 0.251 e. The standard InChI is InChI=1S/C15H21ClN2O2/c1-3-17-15(20)12-8-7-11(2)13(10-12)18-14(19)6-4-5-9-16/h7-8,10H,3-6,9H2,1-2H3,(H,17,20)(H,18,19). The number of alkyl halides is 1. The van der Waals surface area contributed by atoms with Gasteiger partial charge in [-0.05, 0) is 44.4 Å². The monoisotopic (exact) mass is 296 g/mol. The van der Waals surface area contributed by atoms with Crippen molar-refractivity contribution >= 4 is 29.1 Å². The molecule has 0 aliphatic heterocycles. The minimum absolute atomic E-state index is 0.0498. The number of benzene rings is 1. The quantitative estimate of drug-likeness (QED) is 0.600. The zero-order valence-corrected chi connectivity index (χ0v) is 12.7. The Kier molecular flexibility index (Phi) is 7.09. The molecule has 4 nitrogen and oxygen atoms in total. The van der Waals surface area contributed by atoms with Crippen molar-refractivity contribution in [1.82, 2.24) is 5.32 Å². The molecule has 0 radical (unpaired) electrons. The Labute approximate surface area is 124 Å². The fraction of sp³-hybridized carbons (Fsp3) is 0.467. The van der Waals surface area contributed by atoms with Gasteiger partial charge in [-0.25, -0.2) is 0 Å². The van der Waals surface area contributed by atoms with Crippen molar-refractivity contribution in [2.45, 2.75) is 33.1 Å². The van der Waals surface area contributed by atoms with Gasteiger partial charge < -0.3 is 10.6 Å². The van der Waals surface area contributed by atoms with Gasteiger partial charge in [0.1, 0.15) is 0 Å². The lowest BCUT2D eigenvalue weighted by Crippen LogP contribution is -2.23. The molecule has 2 N–H and O–H groups in total. The van der Waals surface area contributed by atoms with Crippen molar-refractivity contribution < 1.29 is 9.59 Å². The van der Waals surface area contributed by atoms with Crippen molar-refractivity contribution in [3.05, 3.63) is 29.3 Å². The van der Waals surface area contributed by atoms with Crippen molar-refractivity contribution in [2.75, 3.05) is 17.7 Å². The molecular weight excluding hydrogens is 276 g/mol. The number of hydrogen-bond donors (Lipinski definition) is 2. The van der Waals surface area contributed by atoms with Gasteiger partial charge in [0.2, 0.25) is 5.91 Å². The molecule has 0 unspecified atom stereocenters. The van der Waals surface area contributed by atoms with Gasteiger partial charge in [-0.2, -0.15) is 0 Å². The van der Waals surface area contributed by atoms with Gasteiger partial charge in [0.25, 0.3) is 5.91 Å². The maximum Gasteiger partial charge on any atom is 0.251 e. The summed E-state index contributed by atoms with van der Waals surface area (Å²) in [5.74, 6) is 0.385. The second kappa shape index (κ2) is 8.59. The largest absolute Gasteiger partial charge is 0.352 e. The number of carbonyl (C=O) groups is 2. The normalized spacial score (nSPS) is 10.2. The molecule has 0 aliphatic carbocycles. The number of unbranched alkanes of at least 4 members (excludes halogenated alkanes) is 1. The summed E-state index contributed by atoms with van der Waals surface area (Å²) >= 11 is 5.58. The predicted octanol–water partition coefficient (Wildman–Crippen LogP) is 3.09. The van der Waals surface area contributed by atoms with Crippen molar-refractivity contribution in [3.63, 3.8) is 0 Å². The van der Waals surface area contributed by atoms with E-state index in [1.807, 2.05) is 19.9 Å². The van der Waals surface area contributed by atoms with Crippen LogP contribution in [0.25, 0.3) is 0 Å². The molecule has 0 aromatic heterocycles. The maximum absolute atomic E-state index is 11.8. The highest BCUT2D eigenvalue weighted by Gasteiger charge is 2.09. The highest BCUT2D eigenvalue weighted by Crippen LogP contribution is 2.17. The molecule has 0 spiro atoms. The molecule has 1 aromatic carbocycles. The number of halogens is 1. The van der Waals surface area contributed by atoms with E-state index in [1.54, 1.807) is 12.1 Å². The average molecular weight is 297 g/mol. The molecule has 2 amide bonds. The van der Waals surface area contributed by atoms with E-state index in [9.17, 15) is 9.59 Å². The first kappa shape index (κ1) is 16.5. The Morgan fingerprint density at radius 3 is 2.65 bits per heavy atom. The Morgan fingerprint density at radius 1 is 1.25 bits per heavy atom. The van der Waals surface area contributed by atoms with E-state index in [4.69, 9.17) is 11.6 Å². The van der Waals surface area contributed by atoms with Crippen LogP contribution in [0.1, 0.15) is 42.1 Å². The first-order chi connectivity index (χ1) is 9.58. The summed E-state index contributed by atoms with van der Waals surface area (Å²) in [6.45, 7) is 4.34. The number of amides is 2. The predicted molar refractivity (Wildman–Crippen MR) is 82.4 cm³/mol. The number of hydrogen-bond acceptors (Lipinski definition) is 2. The number of carbonyl (C=O) groups excluding carboxylic acids is 2.